The highest BCUT2D eigenvalue weighted by atomic mass is 35.5. The van der Waals surface area contributed by atoms with Crippen LogP contribution < -0.4 is 10.6 Å². The number of halogens is 1. The van der Waals surface area contributed by atoms with Gasteiger partial charge in [0.2, 0.25) is 6.41 Å². The Morgan fingerprint density at radius 1 is 1.12 bits per heavy atom. The van der Waals surface area contributed by atoms with Gasteiger partial charge >= 0.3 is 0 Å². The van der Waals surface area contributed by atoms with Crippen molar-refractivity contribution in [2.45, 2.75) is 25.8 Å². The van der Waals surface area contributed by atoms with Crippen molar-refractivity contribution in [1.82, 2.24) is 4.90 Å². The third-order valence-corrected chi connectivity index (χ3v) is 5.18. The minimum absolute atomic E-state index is 0.683. The molecule has 4 nitrogen and oxygen atoms in total. The van der Waals surface area contributed by atoms with Crippen LogP contribution in [-0.2, 0) is 11.3 Å². The molecule has 2 N–H and O–H groups in total. The van der Waals surface area contributed by atoms with Gasteiger partial charge in [-0.15, -0.1) is 0 Å². The predicted octanol–water partition coefficient (Wildman–Crippen LogP) is 4.60. The molecule has 1 aliphatic heterocycles. The molecule has 2 aromatic rings. The van der Waals surface area contributed by atoms with Crippen LogP contribution in [0, 0.1) is 0 Å². The summed E-state index contributed by atoms with van der Waals surface area (Å²) in [5, 5.41) is 6.63. The van der Waals surface area contributed by atoms with Gasteiger partial charge in [0.25, 0.3) is 0 Å². The summed E-state index contributed by atoms with van der Waals surface area (Å²) in [6.07, 6.45) is 4.56. The van der Waals surface area contributed by atoms with Crippen LogP contribution in [0.2, 0.25) is 5.02 Å². The zero-order chi connectivity index (χ0) is 17.6. The van der Waals surface area contributed by atoms with E-state index in [2.05, 4.69) is 27.7 Å². The first-order valence-electron chi connectivity index (χ1n) is 8.75. The maximum atomic E-state index is 10.7. The Kier molecular flexibility index (Phi) is 5.95. The average molecular weight is 358 g/mol. The smallest absolute Gasteiger partial charge is 0.211 e. The number of hydrogen-bond acceptors (Lipinski definition) is 3. The van der Waals surface area contributed by atoms with E-state index in [0.29, 0.717) is 6.41 Å². The van der Waals surface area contributed by atoms with Crippen LogP contribution in [0.25, 0.3) is 11.1 Å². The van der Waals surface area contributed by atoms with Gasteiger partial charge in [0.1, 0.15) is 0 Å². The van der Waals surface area contributed by atoms with Gasteiger partial charge in [-0.25, -0.2) is 0 Å². The molecular weight excluding hydrogens is 334 g/mol. The Labute approximate surface area is 154 Å². The van der Waals surface area contributed by atoms with Crippen LogP contribution in [0.15, 0.2) is 36.4 Å². The third-order valence-electron chi connectivity index (χ3n) is 4.74. The number of carbonyl (C=O) groups is 1. The molecule has 0 unspecified atom stereocenters. The van der Waals surface area contributed by atoms with Crippen LogP contribution in [0.3, 0.4) is 0 Å². The molecule has 1 fully saturated rings. The number of piperidine rings is 1. The molecule has 0 bridgehead atoms. The molecule has 0 aliphatic carbocycles. The van der Waals surface area contributed by atoms with Gasteiger partial charge in [-0.05, 0) is 49.2 Å². The van der Waals surface area contributed by atoms with Crippen LogP contribution in [0.5, 0.6) is 0 Å². The molecule has 2 aromatic carbocycles. The standard InChI is InChI=1S/C20H24ClN3O/c1-22-19-12-15(8-9-18(19)23-14-25)17-7-5-6-16(20(17)21)13-24-10-3-2-4-11-24/h5-9,12,14,22H,2-4,10-11,13H2,1H3,(H,23,25). The van der Waals surface area contributed by atoms with Crippen LogP contribution in [-0.4, -0.2) is 31.4 Å². The van der Waals surface area contributed by atoms with E-state index in [1.54, 1.807) is 0 Å². The highest BCUT2D eigenvalue weighted by Gasteiger charge is 2.15. The molecular formula is C20H24ClN3O. The lowest BCUT2D eigenvalue weighted by atomic mass is 10.0. The molecule has 0 atom stereocenters. The highest BCUT2D eigenvalue weighted by molar-refractivity contribution is 6.34. The van der Waals surface area contributed by atoms with Crippen molar-refractivity contribution >= 4 is 29.4 Å². The van der Waals surface area contributed by atoms with Gasteiger partial charge in [0.05, 0.1) is 16.4 Å². The summed E-state index contributed by atoms with van der Waals surface area (Å²) in [5.74, 6) is 0. The summed E-state index contributed by atoms with van der Waals surface area (Å²) in [5.41, 5.74) is 4.84. The summed E-state index contributed by atoms with van der Waals surface area (Å²) in [4.78, 5) is 13.2. The zero-order valence-electron chi connectivity index (χ0n) is 14.5. The number of hydrogen-bond donors (Lipinski definition) is 2. The van der Waals surface area contributed by atoms with E-state index in [1.807, 2.05) is 31.3 Å². The Bertz CT molecular complexity index is 742. The molecule has 0 spiro atoms. The van der Waals surface area contributed by atoms with E-state index in [1.165, 1.54) is 24.8 Å². The van der Waals surface area contributed by atoms with E-state index in [4.69, 9.17) is 11.6 Å². The largest absolute Gasteiger partial charge is 0.386 e. The van der Waals surface area contributed by atoms with Crippen molar-refractivity contribution in [3.63, 3.8) is 0 Å². The fraction of sp³-hybridized carbons (Fsp3) is 0.350. The average Bonchev–Trinajstić information content (AvgIpc) is 2.65. The Hall–Kier alpha value is -2.04. The van der Waals surface area contributed by atoms with Crippen molar-refractivity contribution in [2.24, 2.45) is 0 Å². The van der Waals surface area contributed by atoms with Gasteiger partial charge in [-0.2, -0.15) is 0 Å². The lowest BCUT2D eigenvalue weighted by Gasteiger charge is -2.27. The van der Waals surface area contributed by atoms with E-state index < -0.39 is 0 Å². The van der Waals surface area contributed by atoms with Gasteiger partial charge in [0, 0.05) is 19.2 Å². The molecule has 3 rings (SSSR count). The molecule has 1 heterocycles. The van der Waals surface area contributed by atoms with Gasteiger partial charge in [-0.1, -0.05) is 42.3 Å². The summed E-state index contributed by atoms with van der Waals surface area (Å²) in [6, 6.07) is 12.1. The number of likely N-dealkylation sites (tertiary alicyclic amines) is 1. The molecule has 1 amide bonds. The Morgan fingerprint density at radius 3 is 2.64 bits per heavy atom. The second-order valence-corrected chi connectivity index (χ2v) is 6.77. The Balaban J connectivity index is 1.89. The first kappa shape index (κ1) is 17.8. The number of rotatable bonds is 6. The third kappa shape index (κ3) is 4.14. The van der Waals surface area contributed by atoms with Crippen molar-refractivity contribution < 1.29 is 4.79 Å². The van der Waals surface area contributed by atoms with Crippen LogP contribution >= 0.6 is 11.6 Å². The van der Waals surface area contributed by atoms with E-state index in [9.17, 15) is 4.79 Å². The summed E-state index contributed by atoms with van der Waals surface area (Å²) in [6.45, 7) is 3.20. The van der Waals surface area contributed by atoms with Crippen LogP contribution in [0.4, 0.5) is 11.4 Å². The second kappa shape index (κ2) is 8.37. The molecule has 0 aromatic heterocycles. The first-order valence-corrected chi connectivity index (χ1v) is 9.13. The number of carbonyl (C=O) groups excluding carboxylic acids is 1. The molecule has 0 saturated carbocycles. The number of nitrogens with one attached hydrogen (secondary N) is 2. The minimum Gasteiger partial charge on any atom is -0.386 e. The predicted molar refractivity (Wildman–Crippen MR) is 105 cm³/mol. The maximum absolute atomic E-state index is 10.7. The SMILES string of the molecule is CNc1cc(-c2cccc(CN3CCCCC3)c2Cl)ccc1NC=O. The van der Waals surface area contributed by atoms with E-state index in [-0.39, 0.29) is 0 Å². The molecule has 1 saturated heterocycles. The molecule has 132 valence electrons. The first-order chi connectivity index (χ1) is 12.2. The van der Waals surface area contributed by atoms with Gasteiger partial charge in [-0.3, -0.25) is 9.69 Å². The van der Waals surface area contributed by atoms with Crippen molar-refractivity contribution in [3.8, 4) is 11.1 Å². The molecule has 1 aliphatic rings. The maximum Gasteiger partial charge on any atom is 0.211 e. The lowest BCUT2D eigenvalue weighted by molar-refractivity contribution is -0.105. The monoisotopic (exact) mass is 357 g/mol. The fourth-order valence-electron chi connectivity index (χ4n) is 3.39. The van der Waals surface area contributed by atoms with E-state index in [0.717, 1.165) is 47.2 Å². The quantitative estimate of drug-likeness (QED) is 0.742. The molecule has 0 radical (unpaired) electrons. The Morgan fingerprint density at radius 2 is 1.92 bits per heavy atom. The van der Waals surface area contributed by atoms with Crippen molar-refractivity contribution in [1.29, 1.82) is 0 Å². The number of amides is 1. The molecule has 5 heteroatoms. The topological polar surface area (TPSA) is 44.4 Å². The molecule has 25 heavy (non-hydrogen) atoms. The summed E-state index contributed by atoms with van der Waals surface area (Å²) < 4.78 is 0. The van der Waals surface area contributed by atoms with E-state index >= 15 is 0 Å². The second-order valence-electron chi connectivity index (χ2n) is 6.39. The summed E-state index contributed by atoms with van der Waals surface area (Å²) >= 11 is 6.74. The van der Waals surface area contributed by atoms with Gasteiger partial charge in [0.15, 0.2) is 0 Å². The van der Waals surface area contributed by atoms with Crippen molar-refractivity contribution in [2.75, 3.05) is 30.8 Å². The number of nitrogens with zero attached hydrogens (tertiary/aromatic N) is 1. The van der Waals surface area contributed by atoms with Crippen molar-refractivity contribution in [3.05, 3.63) is 47.0 Å². The lowest BCUT2D eigenvalue weighted by Crippen LogP contribution is -2.29. The minimum atomic E-state index is 0.683. The van der Waals surface area contributed by atoms with Gasteiger partial charge < -0.3 is 10.6 Å². The number of anilines is 2. The fourth-order valence-corrected chi connectivity index (χ4v) is 3.69. The zero-order valence-corrected chi connectivity index (χ0v) is 15.3. The highest BCUT2D eigenvalue weighted by Crippen LogP contribution is 2.35. The summed E-state index contributed by atoms with van der Waals surface area (Å²) in [7, 11) is 1.84. The normalized spacial score (nSPS) is 15.0. The van der Waals surface area contributed by atoms with Crippen LogP contribution in [0.1, 0.15) is 24.8 Å². The number of benzene rings is 2.